The number of ether oxygens (including phenoxy) is 1. The van der Waals surface area contributed by atoms with Crippen LogP contribution in [0.25, 0.3) is 0 Å². The Kier molecular flexibility index (Phi) is 10.3. The molecule has 0 radical (unpaired) electrons. The van der Waals surface area contributed by atoms with Gasteiger partial charge in [0.05, 0.1) is 11.7 Å². The highest BCUT2D eigenvalue weighted by Gasteiger charge is 2.40. The number of hydrogen-bond donors (Lipinski definition) is 2. The van der Waals surface area contributed by atoms with Gasteiger partial charge in [-0.15, -0.1) is 0 Å². The first-order valence-electron chi connectivity index (χ1n) is 14.9. The number of phenolic OH excluding ortho intramolecular Hbond substituents is 1. The zero-order chi connectivity index (χ0) is 33.8. The quantitative estimate of drug-likeness (QED) is 0.188. The maximum Gasteiger partial charge on any atom is 0.281 e. The second kappa shape index (κ2) is 14.0. The minimum Gasteiger partial charge on any atom is -0.506 e. The minimum absolute atomic E-state index is 0.0376. The van der Waals surface area contributed by atoms with Gasteiger partial charge in [0, 0.05) is 18.2 Å². The van der Waals surface area contributed by atoms with Crippen molar-refractivity contribution in [3.8, 4) is 11.5 Å². The second-order valence-electron chi connectivity index (χ2n) is 11.9. The summed E-state index contributed by atoms with van der Waals surface area (Å²) >= 11 is 0. The molecule has 46 heavy (non-hydrogen) atoms. The lowest BCUT2D eigenvalue weighted by Crippen LogP contribution is -2.37. The molecule has 1 amide bonds. The molecule has 2 heterocycles. The van der Waals surface area contributed by atoms with E-state index in [1.54, 1.807) is 32.9 Å². The first-order chi connectivity index (χ1) is 21.9. The van der Waals surface area contributed by atoms with E-state index in [0.717, 1.165) is 12.0 Å². The van der Waals surface area contributed by atoms with Crippen molar-refractivity contribution in [1.82, 2.24) is 4.98 Å². The predicted molar refractivity (Wildman–Crippen MR) is 173 cm³/mol. The maximum absolute atomic E-state index is 16.3. The summed E-state index contributed by atoms with van der Waals surface area (Å²) in [5.74, 6) is -2.63. The number of oxazole rings is 1. The van der Waals surface area contributed by atoms with Crippen LogP contribution in [-0.2, 0) is 11.4 Å². The van der Waals surface area contributed by atoms with Crippen molar-refractivity contribution in [2.45, 2.75) is 67.0 Å². The number of phenols is 1. The number of allylic oxidation sites excluding steroid dienone is 1. The number of nitrogens with one attached hydrogen (secondary N) is 1. The summed E-state index contributed by atoms with van der Waals surface area (Å²) in [5, 5.41) is 14.4. The van der Waals surface area contributed by atoms with Crippen molar-refractivity contribution in [2.24, 2.45) is 5.41 Å². The molecule has 8 nitrogen and oxygen atoms in total. The van der Waals surface area contributed by atoms with Gasteiger partial charge in [-0.25, -0.2) is 9.37 Å². The Morgan fingerprint density at radius 3 is 2.37 bits per heavy atom. The van der Waals surface area contributed by atoms with E-state index >= 15 is 8.78 Å². The van der Waals surface area contributed by atoms with Gasteiger partial charge in [-0.2, -0.15) is 4.39 Å². The van der Waals surface area contributed by atoms with Crippen molar-refractivity contribution < 1.29 is 32.6 Å². The number of nitrogens with zero attached hydrogens (tertiary/aromatic N) is 2. The van der Waals surface area contributed by atoms with Gasteiger partial charge in [0.1, 0.15) is 30.6 Å². The lowest BCUT2D eigenvalue weighted by molar-refractivity contribution is -0.0980. The molecule has 1 aromatic heterocycles. The SMILES string of the molecule is C=O.CCC(C)(C)CC1=C(C)C(c2ccc(OCc3ccccc3)c(F)c2F)N(C(=O)c2nc(C)oc2C)c2cccc(O)c2N1. The molecule has 5 rings (SSSR count). The Morgan fingerprint density at radius 1 is 1.04 bits per heavy atom. The topological polar surface area (TPSA) is 105 Å². The van der Waals surface area contributed by atoms with E-state index in [1.165, 1.54) is 23.1 Å². The number of fused-ring (bicyclic) bond motifs is 1. The Bertz CT molecular complexity index is 1750. The van der Waals surface area contributed by atoms with E-state index in [9.17, 15) is 9.90 Å². The number of hydrogen-bond acceptors (Lipinski definition) is 7. The molecule has 0 spiro atoms. The summed E-state index contributed by atoms with van der Waals surface area (Å²) in [7, 11) is 0. The number of aromatic nitrogens is 1. The van der Waals surface area contributed by atoms with Crippen LogP contribution < -0.4 is 15.0 Å². The molecule has 1 aliphatic heterocycles. The average molecular weight is 632 g/mol. The summed E-state index contributed by atoms with van der Waals surface area (Å²) in [6.45, 7) is 13.4. The van der Waals surface area contributed by atoms with Crippen LogP contribution in [0.5, 0.6) is 11.5 Å². The van der Waals surface area contributed by atoms with Crippen molar-refractivity contribution in [1.29, 1.82) is 0 Å². The Balaban J connectivity index is 0.00000235. The average Bonchev–Trinajstić information content (AvgIpc) is 3.33. The number of carbonyl (C=O) groups is 2. The summed E-state index contributed by atoms with van der Waals surface area (Å²) in [6.07, 6.45) is 1.35. The van der Waals surface area contributed by atoms with E-state index in [4.69, 9.17) is 13.9 Å². The lowest BCUT2D eigenvalue weighted by atomic mass is 9.83. The van der Waals surface area contributed by atoms with Crippen molar-refractivity contribution in [2.75, 3.05) is 10.2 Å². The van der Waals surface area contributed by atoms with E-state index in [2.05, 4.69) is 31.1 Å². The van der Waals surface area contributed by atoms with Gasteiger partial charge in [-0.3, -0.25) is 9.69 Å². The van der Waals surface area contributed by atoms with Crippen LogP contribution in [0.15, 0.2) is 76.4 Å². The van der Waals surface area contributed by atoms with Gasteiger partial charge in [0.15, 0.2) is 23.2 Å². The number of aryl methyl sites for hydroxylation is 2. The molecular weight excluding hydrogens is 592 g/mol. The van der Waals surface area contributed by atoms with E-state index in [-0.39, 0.29) is 51.9 Å². The van der Waals surface area contributed by atoms with Gasteiger partial charge in [0.25, 0.3) is 5.91 Å². The third-order valence-electron chi connectivity index (χ3n) is 8.25. The van der Waals surface area contributed by atoms with Crippen molar-refractivity contribution in [3.05, 3.63) is 112 Å². The standard InChI is InChI=1S/C35H37F2N3O4.CH2O/c1-7-35(5,6)18-25-20(2)33(24-16-17-28(30(37)29(24)36)43-19-23-12-9-8-10-13-23)40(26-14-11-15-27(41)32(26)39-25)34(42)31-21(3)44-22(4)38-31;1-2/h8-17,33,39,41H,7,18-19H2,1-6H3;1H2. The highest BCUT2D eigenvalue weighted by molar-refractivity contribution is 6.09. The lowest BCUT2D eigenvalue weighted by Gasteiger charge is -2.33. The molecule has 0 saturated carbocycles. The number of amides is 1. The highest BCUT2D eigenvalue weighted by Crippen LogP contribution is 2.48. The molecule has 0 saturated heterocycles. The molecule has 0 aliphatic carbocycles. The molecular formula is C36H39F2N3O5. The van der Waals surface area contributed by atoms with E-state index < -0.39 is 23.6 Å². The molecule has 1 unspecified atom stereocenters. The molecule has 3 aromatic carbocycles. The fraction of sp³-hybridized carbons (Fsp3) is 0.306. The number of para-hydroxylation sites is 1. The van der Waals surface area contributed by atoms with Crippen molar-refractivity contribution >= 4 is 24.1 Å². The van der Waals surface area contributed by atoms with E-state index in [1.807, 2.05) is 37.1 Å². The molecule has 4 aromatic rings. The molecule has 0 fully saturated rings. The monoisotopic (exact) mass is 631 g/mol. The van der Waals surface area contributed by atoms with Crippen LogP contribution in [0.4, 0.5) is 20.2 Å². The van der Waals surface area contributed by atoms with Crippen LogP contribution in [-0.4, -0.2) is 22.8 Å². The van der Waals surface area contributed by atoms with Gasteiger partial charge in [-0.1, -0.05) is 63.6 Å². The zero-order valence-electron chi connectivity index (χ0n) is 26.9. The third-order valence-corrected chi connectivity index (χ3v) is 8.25. The smallest absolute Gasteiger partial charge is 0.281 e. The predicted octanol–water partition coefficient (Wildman–Crippen LogP) is 8.58. The van der Waals surface area contributed by atoms with Crippen LogP contribution in [0.3, 0.4) is 0 Å². The first-order valence-corrected chi connectivity index (χ1v) is 14.9. The van der Waals surface area contributed by atoms with E-state index in [0.29, 0.717) is 23.6 Å². The molecule has 0 bridgehead atoms. The fourth-order valence-corrected chi connectivity index (χ4v) is 5.44. The highest BCUT2D eigenvalue weighted by atomic mass is 19.2. The number of halogens is 2. The Labute approximate surface area is 267 Å². The van der Waals surface area contributed by atoms with Crippen LogP contribution in [0.2, 0.25) is 0 Å². The molecule has 2 N–H and O–H groups in total. The van der Waals surface area contributed by atoms with Crippen LogP contribution >= 0.6 is 0 Å². The number of anilines is 2. The molecule has 10 heteroatoms. The molecule has 1 atom stereocenters. The number of benzene rings is 3. The van der Waals surface area contributed by atoms with Crippen molar-refractivity contribution in [3.63, 3.8) is 0 Å². The summed E-state index contributed by atoms with van der Waals surface area (Å²) in [5.41, 5.74) is 2.44. The summed E-state index contributed by atoms with van der Waals surface area (Å²) in [4.78, 5) is 28.1. The molecule has 1 aliphatic rings. The zero-order valence-corrected chi connectivity index (χ0v) is 26.9. The van der Waals surface area contributed by atoms with Crippen LogP contribution in [0.1, 0.15) is 79.8 Å². The van der Waals surface area contributed by atoms with Gasteiger partial charge in [0.2, 0.25) is 5.82 Å². The minimum atomic E-state index is -1.16. The van der Waals surface area contributed by atoms with Crippen LogP contribution in [0, 0.1) is 30.9 Å². The maximum atomic E-state index is 16.3. The van der Waals surface area contributed by atoms with Gasteiger partial charge in [-0.05, 0) is 61.1 Å². The number of aromatic hydroxyl groups is 1. The summed E-state index contributed by atoms with van der Waals surface area (Å²) < 4.78 is 43.2. The second-order valence-corrected chi connectivity index (χ2v) is 11.9. The fourth-order valence-electron chi connectivity index (χ4n) is 5.44. The summed E-state index contributed by atoms with van der Waals surface area (Å²) in [6, 6.07) is 15.7. The Morgan fingerprint density at radius 2 is 1.74 bits per heavy atom. The van der Waals surface area contributed by atoms with Gasteiger partial charge < -0.3 is 24.4 Å². The number of rotatable bonds is 8. The molecule has 242 valence electrons. The Hall–Kier alpha value is -4.99. The largest absolute Gasteiger partial charge is 0.506 e. The first kappa shape index (κ1) is 33.9. The normalized spacial score (nSPS) is 14.5. The third kappa shape index (κ3) is 6.80. The number of carbonyl (C=O) groups excluding carboxylic acids is 2. The van der Waals surface area contributed by atoms with Gasteiger partial charge >= 0.3 is 0 Å².